The van der Waals surface area contributed by atoms with Crippen molar-refractivity contribution in [1.82, 2.24) is 4.90 Å². The van der Waals surface area contributed by atoms with Crippen LogP contribution in [-0.4, -0.2) is 57.8 Å². The Labute approximate surface area is 155 Å². The van der Waals surface area contributed by atoms with Gasteiger partial charge in [-0.2, -0.15) is 0 Å². The Morgan fingerprint density at radius 2 is 1.81 bits per heavy atom. The van der Waals surface area contributed by atoms with Crippen LogP contribution in [0.3, 0.4) is 0 Å². The van der Waals surface area contributed by atoms with E-state index in [1.165, 1.54) is 19.4 Å². The molecule has 5 nitrogen and oxygen atoms in total. The fourth-order valence-electron chi connectivity index (χ4n) is 4.95. The topological polar surface area (TPSA) is 43.2 Å². The summed E-state index contributed by atoms with van der Waals surface area (Å²) in [4.78, 5) is 16.7. The van der Waals surface area contributed by atoms with Gasteiger partial charge in [0.05, 0.1) is 46.9 Å². The van der Waals surface area contributed by atoms with Gasteiger partial charge in [-0.1, -0.05) is 18.2 Å². The summed E-state index contributed by atoms with van der Waals surface area (Å²) in [5.41, 5.74) is 0.541. The van der Waals surface area contributed by atoms with Crippen LogP contribution < -0.4 is 14.4 Å². The lowest BCUT2D eigenvalue weighted by Gasteiger charge is -2.34. The van der Waals surface area contributed by atoms with E-state index < -0.39 is 0 Å². The molecular weight excluding hydrogens is 328 g/mol. The summed E-state index contributed by atoms with van der Waals surface area (Å²) < 4.78 is 10.8. The lowest BCUT2D eigenvalue weighted by Crippen LogP contribution is -3.15. The van der Waals surface area contributed by atoms with Gasteiger partial charge in [-0.25, -0.2) is 0 Å². The molecule has 2 fully saturated rings. The maximum atomic E-state index is 13.1. The highest BCUT2D eigenvalue weighted by molar-refractivity contribution is 5.99. The molecular formula is C21H29N2O3+. The number of benzene rings is 1. The fraction of sp³-hybridized carbons (Fsp3) is 0.571. The average Bonchev–Trinajstić information content (AvgIpc) is 3.30. The van der Waals surface area contributed by atoms with Crippen LogP contribution >= 0.6 is 0 Å². The van der Waals surface area contributed by atoms with Crippen molar-refractivity contribution in [2.45, 2.75) is 12.8 Å². The molecule has 0 aromatic heterocycles. The summed E-state index contributed by atoms with van der Waals surface area (Å²) in [6, 6.07) is 5.49. The largest absolute Gasteiger partial charge is 0.496 e. The smallest absolute Gasteiger partial charge is 0.261 e. The predicted molar refractivity (Wildman–Crippen MR) is 99.9 cm³/mol. The summed E-state index contributed by atoms with van der Waals surface area (Å²) >= 11 is 0. The molecule has 1 heterocycles. The van der Waals surface area contributed by atoms with Crippen LogP contribution in [0.15, 0.2) is 30.4 Å². The van der Waals surface area contributed by atoms with Crippen molar-refractivity contribution < 1.29 is 19.2 Å². The first-order chi connectivity index (χ1) is 12.7. The molecule has 5 heteroatoms. The van der Waals surface area contributed by atoms with Crippen molar-refractivity contribution in [3.8, 4) is 11.5 Å². The summed E-state index contributed by atoms with van der Waals surface area (Å²) in [5, 5.41) is 0. The molecule has 2 bridgehead atoms. The second kappa shape index (κ2) is 7.31. The minimum Gasteiger partial charge on any atom is -0.496 e. The van der Waals surface area contributed by atoms with E-state index in [1.807, 2.05) is 23.1 Å². The molecule has 140 valence electrons. The van der Waals surface area contributed by atoms with Crippen LogP contribution in [0.25, 0.3) is 0 Å². The highest BCUT2D eigenvalue weighted by atomic mass is 16.5. The molecule has 4 rings (SSSR count). The number of ether oxygens (including phenoxy) is 2. The first-order valence-electron chi connectivity index (χ1n) is 9.71. The number of amides is 1. The standard InChI is InChI=1S/C21H28N2O3/c1-25-18-4-3-5-19(26-2)20(18)21(24)23-10-8-22(9-11-23)14-17-13-15-6-7-16(17)12-15/h3-7,15-17H,8-14H2,1-2H3/p+1/t15-,16+,17-/m1/s1. The second-order valence-electron chi connectivity index (χ2n) is 7.82. The molecule has 2 aliphatic carbocycles. The molecule has 1 saturated carbocycles. The van der Waals surface area contributed by atoms with Gasteiger partial charge < -0.3 is 19.3 Å². The number of rotatable bonds is 5. The zero-order valence-electron chi connectivity index (χ0n) is 15.7. The number of carbonyl (C=O) groups is 1. The van der Waals surface area contributed by atoms with Gasteiger partial charge >= 0.3 is 0 Å². The highest BCUT2D eigenvalue weighted by Crippen LogP contribution is 2.42. The minimum atomic E-state index is 0.0150. The van der Waals surface area contributed by atoms with Crippen LogP contribution in [0.5, 0.6) is 11.5 Å². The van der Waals surface area contributed by atoms with Crippen molar-refractivity contribution in [2.75, 3.05) is 46.9 Å². The van der Waals surface area contributed by atoms with Gasteiger partial charge in [0.25, 0.3) is 5.91 Å². The normalized spacial score (nSPS) is 27.8. The number of allylic oxidation sites excluding steroid dienone is 2. The summed E-state index contributed by atoms with van der Waals surface area (Å²) in [6.07, 6.45) is 7.58. The van der Waals surface area contributed by atoms with Crippen LogP contribution in [0, 0.1) is 17.8 Å². The fourth-order valence-corrected chi connectivity index (χ4v) is 4.95. The monoisotopic (exact) mass is 357 g/mol. The number of nitrogens with one attached hydrogen (secondary N) is 1. The average molecular weight is 357 g/mol. The van der Waals surface area contributed by atoms with Gasteiger partial charge in [0.2, 0.25) is 0 Å². The number of hydrogen-bond acceptors (Lipinski definition) is 3. The molecule has 1 amide bonds. The number of methoxy groups -OCH3 is 2. The third-order valence-electron chi connectivity index (χ3n) is 6.37. The Morgan fingerprint density at radius 1 is 1.12 bits per heavy atom. The number of carbonyl (C=O) groups excluding carboxylic acids is 1. The summed E-state index contributed by atoms with van der Waals surface area (Å²) in [5.74, 6) is 3.67. The molecule has 0 unspecified atom stereocenters. The highest BCUT2D eigenvalue weighted by Gasteiger charge is 2.38. The zero-order valence-corrected chi connectivity index (χ0v) is 15.7. The Bertz CT molecular complexity index is 672. The van der Waals surface area contributed by atoms with Gasteiger partial charge in [-0.05, 0) is 36.8 Å². The van der Waals surface area contributed by atoms with E-state index in [2.05, 4.69) is 12.2 Å². The van der Waals surface area contributed by atoms with Gasteiger partial charge in [-0.15, -0.1) is 0 Å². The molecule has 0 radical (unpaired) electrons. The van der Waals surface area contributed by atoms with Crippen LogP contribution in [-0.2, 0) is 0 Å². The molecule has 1 aromatic carbocycles. The molecule has 1 saturated heterocycles. The van der Waals surface area contributed by atoms with Crippen LogP contribution in [0.2, 0.25) is 0 Å². The van der Waals surface area contributed by atoms with Gasteiger partial charge in [0, 0.05) is 5.92 Å². The van der Waals surface area contributed by atoms with Gasteiger partial charge in [0.15, 0.2) is 0 Å². The molecule has 0 spiro atoms. The lowest BCUT2D eigenvalue weighted by molar-refractivity contribution is -0.907. The first kappa shape index (κ1) is 17.4. The van der Waals surface area contributed by atoms with Crippen molar-refractivity contribution >= 4 is 5.91 Å². The number of quaternary nitrogens is 1. The Balaban J connectivity index is 1.37. The van der Waals surface area contributed by atoms with E-state index >= 15 is 0 Å². The molecule has 1 N–H and O–H groups in total. The van der Waals surface area contributed by atoms with Crippen molar-refractivity contribution in [3.63, 3.8) is 0 Å². The summed E-state index contributed by atoms with van der Waals surface area (Å²) in [6.45, 7) is 4.91. The Kier molecular flexibility index (Phi) is 4.90. The molecule has 3 atom stereocenters. The molecule has 1 aliphatic heterocycles. The maximum absolute atomic E-state index is 13.1. The Hall–Kier alpha value is -2.01. The third kappa shape index (κ3) is 3.20. The predicted octanol–water partition coefficient (Wildman–Crippen LogP) is 1.26. The lowest BCUT2D eigenvalue weighted by atomic mass is 9.93. The first-order valence-corrected chi connectivity index (χ1v) is 9.71. The van der Waals surface area contributed by atoms with Gasteiger partial charge in [-0.3, -0.25) is 4.79 Å². The Morgan fingerprint density at radius 3 is 2.35 bits per heavy atom. The van der Waals surface area contributed by atoms with E-state index in [0.717, 1.165) is 43.9 Å². The third-order valence-corrected chi connectivity index (χ3v) is 6.37. The van der Waals surface area contributed by atoms with Crippen LogP contribution in [0.4, 0.5) is 0 Å². The minimum absolute atomic E-state index is 0.0150. The van der Waals surface area contributed by atoms with E-state index in [9.17, 15) is 4.79 Å². The second-order valence-corrected chi connectivity index (χ2v) is 7.82. The van der Waals surface area contributed by atoms with E-state index in [1.54, 1.807) is 19.1 Å². The molecule has 3 aliphatic rings. The van der Waals surface area contributed by atoms with E-state index in [0.29, 0.717) is 17.1 Å². The van der Waals surface area contributed by atoms with E-state index in [-0.39, 0.29) is 5.91 Å². The quantitative estimate of drug-likeness (QED) is 0.807. The van der Waals surface area contributed by atoms with E-state index in [4.69, 9.17) is 9.47 Å². The molecule has 26 heavy (non-hydrogen) atoms. The van der Waals surface area contributed by atoms with Gasteiger partial charge in [0.1, 0.15) is 17.1 Å². The number of piperazine rings is 1. The van der Waals surface area contributed by atoms with Crippen molar-refractivity contribution in [2.24, 2.45) is 17.8 Å². The van der Waals surface area contributed by atoms with Crippen molar-refractivity contribution in [3.05, 3.63) is 35.9 Å². The number of nitrogens with zero attached hydrogens (tertiary/aromatic N) is 1. The SMILES string of the molecule is COc1cccc(OC)c1C(=O)N1CC[NH+](C[C@H]2C[C@@H]3C=C[C@H]2C3)CC1. The van der Waals surface area contributed by atoms with Crippen molar-refractivity contribution in [1.29, 1.82) is 0 Å². The summed E-state index contributed by atoms with van der Waals surface area (Å²) in [7, 11) is 3.19. The number of hydrogen-bond donors (Lipinski definition) is 1. The maximum Gasteiger partial charge on any atom is 0.261 e. The zero-order chi connectivity index (χ0) is 18.1. The van der Waals surface area contributed by atoms with Crippen LogP contribution in [0.1, 0.15) is 23.2 Å². The number of fused-ring (bicyclic) bond motifs is 2. The molecule has 1 aromatic rings.